The number of amides is 1. The summed E-state index contributed by atoms with van der Waals surface area (Å²) >= 11 is 0. The summed E-state index contributed by atoms with van der Waals surface area (Å²) in [5.41, 5.74) is -1.41. The number of carbonyl (C=O) groups is 1. The largest absolute Gasteiger partial charge is 0.395 e. The van der Waals surface area contributed by atoms with Crippen molar-refractivity contribution < 1.29 is 22.4 Å². The molecule has 7 nitrogen and oxygen atoms in total. The van der Waals surface area contributed by atoms with Crippen molar-refractivity contribution in [3.05, 3.63) is 36.2 Å². The van der Waals surface area contributed by atoms with Gasteiger partial charge in [0.25, 0.3) is 5.91 Å². The van der Waals surface area contributed by atoms with Crippen LogP contribution in [0.15, 0.2) is 24.8 Å². The first-order valence-electron chi connectivity index (χ1n) is 11.3. The Kier molecular flexibility index (Phi) is 5.42. The van der Waals surface area contributed by atoms with E-state index in [-0.39, 0.29) is 43.4 Å². The number of carbonyl (C=O) groups excluding carboxylic acids is 1. The lowest BCUT2D eigenvalue weighted by molar-refractivity contribution is -0.193. The van der Waals surface area contributed by atoms with Crippen molar-refractivity contribution in [3.8, 4) is 5.95 Å². The number of imidazole rings is 1. The Hall–Kier alpha value is -2.56. The molecule has 0 unspecified atom stereocenters. The van der Waals surface area contributed by atoms with Crippen LogP contribution in [0.25, 0.3) is 5.95 Å². The molecule has 2 atom stereocenters. The monoisotopic (exact) mass is 466 g/mol. The Morgan fingerprint density at radius 3 is 2.39 bits per heavy atom. The molecular weight excluding hydrogens is 440 g/mol. The fourth-order valence-electron chi connectivity index (χ4n) is 4.76. The number of halogens is 4. The Bertz CT molecular complexity index is 1010. The van der Waals surface area contributed by atoms with Gasteiger partial charge in [0.1, 0.15) is 12.0 Å². The fourth-order valence-corrected chi connectivity index (χ4v) is 4.76. The average molecular weight is 466 g/mol. The van der Waals surface area contributed by atoms with Crippen molar-refractivity contribution in [1.82, 2.24) is 29.3 Å². The van der Waals surface area contributed by atoms with Crippen molar-refractivity contribution in [2.45, 2.75) is 63.5 Å². The van der Waals surface area contributed by atoms with Gasteiger partial charge in [0.05, 0.1) is 17.0 Å². The van der Waals surface area contributed by atoms with Gasteiger partial charge in [-0.2, -0.15) is 13.2 Å². The van der Waals surface area contributed by atoms with Gasteiger partial charge >= 0.3 is 6.18 Å². The summed E-state index contributed by atoms with van der Waals surface area (Å²) in [6, 6.07) is -0.703. The van der Waals surface area contributed by atoms with Crippen molar-refractivity contribution >= 4 is 5.91 Å². The molecule has 5 rings (SSSR count). The average Bonchev–Trinajstić information content (AvgIpc) is 3.69. The maximum Gasteiger partial charge on any atom is 0.395 e. The third-order valence-corrected chi connectivity index (χ3v) is 7.03. The maximum absolute atomic E-state index is 15.2. The number of alkyl halides is 4. The molecular formula is C22H26F4N6O. The molecule has 33 heavy (non-hydrogen) atoms. The third-order valence-electron chi connectivity index (χ3n) is 7.03. The van der Waals surface area contributed by atoms with Crippen molar-refractivity contribution in [1.29, 1.82) is 0 Å². The zero-order valence-corrected chi connectivity index (χ0v) is 18.3. The lowest BCUT2D eigenvalue weighted by Crippen LogP contribution is -2.56. The van der Waals surface area contributed by atoms with E-state index in [1.54, 1.807) is 26.8 Å². The zero-order valence-electron chi connectivity index (χ0n) is 18.3. The number of nitrogens with zero attached hydrogens (tertiary/aromatic N) is 6. The number of aryl methyl sites for hydroxylation is 1. The smallest absolute Gasteiger partial charge is 0.330 e. The molecule has 0 bridgehead atoms. The second-order valence-corrected chi connectivity index (χ2v) is 9.45. The lowest BCUT2D eigenvalue weighted by Gasteiger charge is -2.42. The Morgan fingerprint density at radius 2 is 1.88 bits per heavy atom. The number of aromatic nitrogens is 4. The normalized spacial score (nSPS) is 25.1. The van der Waals surface area contributed by atoms with Gasteiger partial charge in [-0.1, -0.05) is 0 Å². The summed E-state index contributed by atoms with van der Waals surface area (Å²) in [6.45, 7) is 1.90. The minimum Gasteiger partial charge on any atom is -0.330 e. The van der Waals surface area contributed by atoms with Crippen LogP contribution in [0.3, 0.4) is 0 Å². The van der Waals surface area contributed by atoms with Crippen molar-refractivity contribution in [3.63, 3.8) is 0 Å². The summed E-state index contributed by atoms with van der Waals surface area (Å²) in [5, 5.41) is 0. The topological polar surface area (TPSA) is 67.2 Å². The van der Waals surface area contributed by atoms with Gasteiger partial charge in [-0.15, -0.1) is 0 Å². The molecule has 1 amide bonds. The van der Waals surface area contributed by atoms with E-state index in [2.05, 4.69) is 15.0 Å². The number of piperidine rings is 1. The molecule has 0 N–H and O–H groups in total. The molecule has 3 fully saturated rings. The molecule has 3 heterocycles. The lowest BCUT2D eigenvalue weighted by atomic mass is 9.97. The van der Waals surface area contributed by atoms with Crippen molar-refractivity contribution in [2.75, 3.05) is 19.6 Å². The van der Waals surface area contributed by atoms with Crippen LogP contribution in [0.4, 0.5) is 17.6 Å². The highest BCUT2D eigenvalue weighted by Gasteiger charge is 2.63. The molecule has 2 aliphatic carbocycles. The number of rotatable bonds is 6. The van der Waals surface area contributed by atoms with E-state index < -0.39 is 23.8 Å². The molecule has 178 valence electrons. The summed E-state index contributed by atoms with van der Waals surface area (Å²) in [7, 11) is 0. The standard InChI is InChI=1S/C22H26F4N6O/c1-14-27-7-9-31(14)20-28-10-15(11-29-20)19(33)32(16-2-3-16)18-4-8-30(12-17(18)23)13-21(5-6-21)22(24,25)26/h7,9-11,16-18H,2-6,8,12-13H2,1H3/t17-,18+/m0/s1. The third kappa shape index (κ3) is 4.22. The molecule has 3 aliphatic rings. The molecule has 2 aromatic rings. The van der Waals surface area contributed by atoms with Crippen LogP contribution in [0.5, 0.6) is 0 Å². The molecule has 2 aromatic heterocycles. The minimum absolute atomic E-state index is 0.0483. The van der Waals surface area contributed by atoms with Crippen LogP contribution in [-0.4, -0.2) is 79.3 Å². The molecule has 1 aliphatic heterocycles. The first-order chi connectivity index (χ1) is 15.7. The van der Waals surface area contributed by atoms with E-state index in [1.807, 2.05) is 6.92 Å². The fraction of sp³-hybridized carbons (Fsp3) is 0.636. The summed E-state index contributed by atoms with van der Waals surface area (Å²) in [6.07, 6.45) is 2.66. The van der Waals surface area contributed by atoms with Crippen LogP contribution >= 0.6 is 0 Å². The van der Waals surface area contributed by atoms with E-state index in [1.165, 1.54) is 12.4 Å². The van der Waals surface area contributed by atoms with Crippen LogP contribution in [0.2, 0.25) is 0 Å². The SMILES string of the molecule is Cc1nccn1-c1ncc(C(=O)N(C2CC2)[C@@H]2CCN(CC3(C(F)(F)F)CC3)C[C@@H]2F)cn1. The Balaban J connectivity index is 1.27. The summed E-state index contributed by atoms with van der Waals surface area (Å²) in [5.74, 6) is 0.760. The van der Waals surface area contributed by atoms with Gasteiger partial charge in [0, 0.05) is 50.5 Å². The second-order valence-electron chi connectivity index (χ2n) is 9.45. The summed E-state index contributed by atoms with van der Waals surface area (Å²) < 4.78 is 56.9. The second kappa shape index (κ2) is 8.03. The zero-order chi connectivity index (χ0) is 23.4. The Morgan fingerprint density at radius 1 is 1.18 bits per heavy atom. The molecule has 0 spiro atoms. The number of likely N-dealkylation sites (tertiary alicyclic amines) is 1. The molecule has 2 saturated carbocycles. The van der Waals surface area contributed by atoms with E-state index in [0.29, 0.717) is 24.7 Å². The maximum atomic E-state index is 15.2. The summed E-state index contributed by atoms with van der Waals surface area (Å²) in [4.78, 5) is 29.1. The minimum atomic E-state index is -4.26. The van der Waals surface area contributed by atoms with E-state index in [4.69, 9.17) is 0 Å². The first-order valence-corrected chi connectivity index (χ1v) is 11.3. The Labute approximate surface area is 188 Å². The van der Waals surface area contributed by atoms with Gasteiger partial charge in [-0.25, -0.2) is 19.3 Å². The van der Waals surface area contributed by atoms with Gasteiger partial charge < -0.3 is 4.90 Å². The highest BCUT2D eigenvalue weighted by Crippen LogP contribution is 2.58. The van der Waals surface area contributed by atoms with Crippen LogP contribution < -0.4 is 0 Å². The highest BCUT2D eigenvalue weighted by atomic mass is 19.4. The predicted octanol–water partition coefficient (Wildman–Crippen LogP) is 3.33. The van der Waals surface area contributed by atoms with Crippen molar-refractivity contribution in [2.24, 2.45) is 5.41 Å². The van der Waals surface area contributed by atoms with Gasteiger partial charge in [-0.3, -0.25) is 14.3 Å². The van der Waals surface area contributed by atoms with Gasteiger partial charge in [-0.05, 0) is 39.0 Å². The van der Waals surface area contributed by atoms with Gasteiger partial charge in [0.2, 0.25) is 5.95 Å². The van der Waals surface area contributed by atoms with Crippen LogP contribution in [-0.2, 0) is 0 Å². The van der Waals surface area contributed by atoms with Crippen LogP contribution in [0.1, 0.15) is 48.3 Å². The quantitative estimate of drug-likeness (QED) is 0.611. The first kappa shape index (κ1) is 22.2. The molecule has 0 radical (unpaired) electrons. The van der Waals surface area contributed by atoms with E-state index >= 15 is 4.39 Å². The van der Waals surface area contributed by atoms with E-state index in [9.17, 15) is 18.0 Å². The molecule has 11 heteroatoms. The highest BCUT2D eigenvalue weighted by molar-refractivity contribution is 5.94. The van der Waals surface area contributed by atoms with E-state index in [0.717, 1.165) is 12.8 Å². The van der Waals surface area contributed by atoms with Crippen LogP contribution in [0, 0.1) is 12.3 Å². The molecule has 1 saturated heterocycles. The van der Waals surface area contributed by atoms with Gasteiger partial charge in [0.15, 0.2) is 0 Å². The number of hydrogen-bond acceptors (Lipinski definition) is 5. The predicted molar refractivity (Wildman–Crippen MR) is 111 cm³/mol. The molecule has 0 aromatic carbocycles. The number of hydrogen-bond donors (Lipinski definition) is 0.